The Morgan fingerprint density at radius 2 is 2.00 bits per heavy atom. The molecule has 1 unspecified atom stereocenters. The molecule has 0 aliphatic rings. The average molecular weight is 311 g/mol. The Labute approximate surface area is 126 Å². The van der Waals surface area contributed by atoms with Gasteiger partial charge in [-0.25, -0.2) is 4.98 Å². The van der Waals surface area contributed by atoms with Crippen molar-refractivity contribution in [2.45, 2.75) is 25.2 Å². The number of benzene rings is 1. The monoisotopic (exact) mass is 311 g/mol. The molecule has 0 radical (unpaired) electrons. The van der Waals surface area contributed by atoms with Crippen LogP contribution in [0.5, 0.6) is 0 Å². The van der Waals surface area contributed by atoms with Gasteiger partial charge >= 0.3 is 0 Å². The summed E-state index contributed by atoms with van der Waals surface area (Å²) in [6, 6.07) is 7.65. The maximum atomic E-state index is 12.0. The maximum Gasteiger partial charge on any atom is 0.199 e. The second-order valence-corrected chi connectivity index (χ2v) is 6.23. The van der Waals surface area contributed by atoms with Crippen LogP contribution in [0.1, 0.15) is 24.8 Å². The van der Waals surface area contributed by atoms with Gasteiger partial charge in [-0.3, -0.25) is 9.59 Å². The Hall–Kier alpha value is -0.850. The van der Waals surface area contributed by atoms with E-state index in [-0.39, 0.29) is 16.7 Å². The molecule has 2 aromatic rings. The standard InChI is InChI=1S/C13H13NO2S3/c1-2-13(12(16)18,7-10(15)17)11-14-8-5-3-4-6-9(8)19-11/h3-6H,2,7H2,1H3,(H,15,17)(H,16,18). The molecule has 19 heavy (non-hydrogen) atoms. The number of thiol groups is 2. The second-order valence-electron chi connectivity index (χ2n) is 4.30. The lowest BCUT2D eigenvalue weighted by atomic mass is 9.84. The summed E-state index contributed by atoms with van der Waals surface area (Å²) in [6.07, 6.45) is 0.496. The van der Waals surface area contributed by atoms with E-state index in [1.165, 1.54) is 11.3 Å². The largest absolute Gasteiger partial charge is 0.287 e. The second kappa shape index (κ2) is 5.64. The summed E-state index contributed by atoms with van der Waals surface area (Å²) in [5.41, 5.74) is -0.132. The van der Waals surface area contributed by atoms with Gasteiger partial charge in [-0.15, -0.1) is 36.6 Å². The fourth-order valence-corrected chi connectivity index (χ4v) is 3.92. The number of para-hydroxylation sites is 1. The van der Waals surface area contributed by atoms with E-state index in [9.17, 15) is 9.59 Å². The minimum atomic E-state index is -0.967. The summed E-state index contributed by atoms with van der Waals surface area (Å²) in [5.74, 6) is 0. The van der Waals surface area contributed by atoms with Crippen molar-refractivity contribution in [2.24, 2.45) is 0 Å². The lowest BCUT2D eigenvalue weighted by Crippen LogP contribution is -2.34. The number of nitrogens with zero attached hydrogens (tertiary/aromatic N) is 1. The van der Waals surface area contributed by atoms with E-state index in [2.05, 4.69) is 30.2 Å². The molecule has 6 heteroatoms. The minimum absolute atomic E-state index is 0.0226. The molecule has 0 spiro atoms. The van der Waals surface area contributed by atoms with Crippen molar-refractivity contribution in [2.75, 3.05) is 0 Å². The fourth-order valence-electron chi connectivity index (χ4n) is 2.01. The van der Waals surface area contributed by atoms with Crippen molar-refractivity contribution in [3.8, 4) is 0 Å². The highest BCUT2D eigenvalue weighted by Gasteiger charge is 2.41. The third-order valence-electron chi connectivity index (χ3n) is 3.17. The Kier molecular flexibility index (Phi) is 4.32. The van der Waals surface area contributed by atoms with E-state index in [1.54, 1.807) is 0 Å². The van der Waals surface area contributed by atoms with Crippen LogP contribution >= 0.6 is 36.6 Å². The lowest BCUT2D eigenvalue weighted by Gasteiger charge is -2.25. The van der Waals surface area contributed by atoms with Gasteiger partial charge < -0.3 is 0 Å². The topological polar surface area (TPSA) is 47.0 Å². The molecule has 0 aliphatic heterocycles. The van der Waals surface area contributed by atoms with Crippen molar-refractivity contribution in [3.63, 3.8) is 0 Å². The average Bonchev–Trinajstić information content (AvgIpc) is 2.79. The van der Waals surface area contributed by atoms with Gasteiger partial charge in [0.15, 0.2) is 10.2 Å². The zero-order valence-electron chi connectivity index (χ0n) is 10.3. The van der Waals surface area contributed by atoms with E-state index < -0.39 is 5.41 Å². The zero-order valence-corrected chi connectivity index (χ0v) is 12.9. The van der Waals surface area contributed by atoms with Gasteiger partial charge in [0, 0.05) is 6.42 Å². The highest BCUT2D eigenvalue weighted by Crippen LogP contribution is 2.39. The highest BCUT2D eigenvalue weighted by atomic mass is 32.1. The van der Waals surface area contributed by atoms with Crippen LogP contribution in [0.25, 0.3) is 10.2 Å². The molecule has 0 bridgehead atoms. The Morgan fingerprint density at radius 1 is 1.32 bits per heavy atom. The fraction of sp³-hybridized carbons (Fsp3) is 0.308. The highest BCUT2D eigenvalue weighted by molar-refractivity contribution is 7.97. The number of fused-ring (bicyclic) bond motifs is 1. The molecule has 0 saturated carbocycles. The van der Waals surface area contributed by atoms with Crippen molar-refractivity contribution < 1.29 is 9.59 Å². The molecular formula is C13H13NO2S3. The Bertz CT molecular complexity index is 605. The van der Waals surface area contributed by atoms with Gasteiger partial charge in [0.1, 0.15) is 5.01 Å². The first-order chi connectivity index (χ1) is 8.99. The number of carbonyl (C=O) groups is 2. The van der Waals surface area contributed by atoms with Gasteiger partial charge in [0.25, 0.3) is 0 Å². The van der Waals surface area contributed by atoms with Crippen LogP contribution < -0.4 is 0 Å². The van der Waals surface area contributed by atoms with Crippen LogP contribution in [-0.4, -0.2) is 15.2 Å². The molecule has 2 rings (SSSR count). The van der Waals surface area contributed by atoms with Gasteiger partial charge in [0.05, 0.1) is 15.6 Å². The number of thiazole rings is 1. The van der Waals surface area contributed by atoms with Crippen molar-refractivity contribution >= 4 is 57.0 Å². The first-order valence-electron chi connectivity index (χ1n) is 5.81. The first-order valence-corrected chi connectivity index (χ1v) is 7.52. The van der Waals surface area contributed by atoms with Gasteiger partial charge in [-0.1, -0.05) is 19.1 Å². The van der Waals surface area contributed by atoms with Crippen molar-refractivity contribution in [1.82, 2.24) is 4.98 Å². The van der Waals surface area contributed by atoms with Crippen LogP contribution in [0.4, 0.5) is 0 Å². The number of aromatic nitrogens is 1. The summed E-state index contributed by atoms with van der Waals surface area (Å²) in [5, 5.41) is -0.0291. The van der Waals surface area contributed by atoms with E-state index in [4.69, 9.17) is 0 Å². The Balaban J connectivity index is 2.59. The van der Waals surface area contributed by atoms with Crippen molar-refractivity contribution in [3.05, 3.63) is 29.3 Å². The predicted molar refractivity (Wildman–Crippen MR) is 84.2 cm³/mol. The van der Waals surface area contributed by atoms with Gasteiger partial charge in [-0.05, 0) is 18.6 Å². The molecule has 0 fully saturated rings. The molecule has 0 saturated heterocycles. The van der Waals surface area contributed by atoms with Crippen LogP contribution in [-0.2, 0) is 15.0 Å². The van der Waals surface area contributed by atoms with Gasteiger partial charge in [0.2, 0.25) is 0 Å². The molecule has 1 atom stereocenters. The summed E-state index contributed by atoms with van der Waals surface area (Å²) < 4.78 is 0.997. The molecule has 0 N–H and O–H groups in total. The van der Waals surface area contributed by atoms with Crippen molar-refractivity contribution in [1.29, 1.82) is 0 Å². The molecule has 0 aliphatic carbocycles. The molecule has 1 heterocycles. The molecule has 1 aromatic carbocycles. The van der Waals surface area contributed by atoms with E-state index >= 15 is 0 Å². The summed E-state index contributed by atoms with van der Waals surface area (Å²) >= 11 is 9.21. The molecular weight excluding hydrogens is 298 g/mol. The summed E-state index contributed by atoms with van der Waals surface area (Å²) in [7, 11) is 0. The normalized spacial score (nSPS) is 14.3. The van der Waals surface area contributed by atoms with E-state index in [0.29, 0.717) is 11.4 Å². The zero-order chi connectivity index (χ0) is 14.0. The van der Waals surface area contributed by atoms with Crippen LogP contribution in [0.3, 0.4) is 0 Å². The lowest BCUT2D eigenvalue weighted by molar-refractivity contribution is -0.120. The number of hydrogen-bond donors (Lipinski definition) is 2. The number of carbonyl (C=O) groups excluding carboxylic acids is 2. The third kappa shape index (κ3) is 2.70. The molecule has 3 nitrogen and oxygen atoms in total. The van der Waals surface area contributed by atoms with Gasteiger partial charge in [-0.2, -0.15) is 0 Å². The predicted octanol–water partition coefficient (Wildman–Crippen LogP) is 3.25. The van der Waals surface area contributed by atoms with Crippen LogP contribution in [0.2, 0.25) is 0 Å². The smallest absolute Gasteiger partial charge is 0.199 e. The molecule has 1 aromatic heterocycles. The quantitative estimate of drug-likeness (QED) is 0.833. The molecule has 0 amide bonds. The summed E-state index contributed by atoms with van der Waals surface area (Å²) in [6.45, 7) is 1.86. The first kappa shape index (κ1) is 14.6. The number of hydrogen-bond acceptors (Lipinski definition) is 4. The summed E-state index contributed by atoms with van der Waals surface area (Å²) in [4.78, 5) is 27.8. The van der Waals surface area contributed by atoms with E-state index in [1.807, 2.05) is 31.2 Å². The minimum Gasteiger partial charge on any atom is -0.287 e. The van der Waals surface area contributed by atoms with Crippen LogP contribution in [0.15, 0.2) is 24.3 Å². The number of rotatable bonds is 5. The molecule has 100 valence electrons. The third-order valence-corrected chi connectivity index (χ3v) is 5.00. The maximum absolute atomic E-state index is 12.0. The Morgan fingerprint density at radius 3 is 2.53 bits per heavy atom. The van der Waals surface area contributed by atoms with Crippen LogP contribution in [0, 0.1) is 0 Å². The van der Waals surface area contributed by atoms with E-state index in [0.717, 1.165) is 10.2 Å². The SMILES string of the molecule is CCC(CC(=O)S)(C(=O)S)c1nc2ccccc2s1.